The summed E-state index contributed by atoms with van der Waals surface area (Å²) in [6, 6.07) is 14.3. The van der Waals surface area contributed by atoms with Crippen molar-refractivity contribution in [3.8, 4) is 11.1 Å². The van der Waals surface area contributed by atoms with Crippen molar-refractivity contribution in [3.63, 3.8) is 0 Å². The van der Waals surface area contributed by atoms with Crippen LogP contribution >= 0.6 is 0 Å². The van der Waals surface area contributed by atoms with E-state index in [9.17, 15) is 0 Å². The second-order valence-corrected chi connectivity index (χ2v) is 7.10. The highest BCUT2D eigenvalue weighted by Gasteiger charge is 2.34. The predicted molar refractivity (Wildman–Crippen MR) is 98.2 cm³/mol. The first-order valence-corrected chi connectivity index (χ1v) is 8.92. The summed E-state index contributed by atoms with van der Waals surface area (Å²) in [5.41, 5.74) is 8.44. The molecule has 1 fully saturated rings. The number of anilines is 1. The Balaban J connectivity index is 1.79. The number of nitrogens with one attached hydrogen (secondary N) is 2. The standard InChI is InChI=1S/C21H26N2/c1-14-8-9-16(13-15(14)2)17-5-3-6-20-21(17)18-10-12-22-11-4-7-19(18)23-20/h3,5-6,8-9,13,18-19,22-23H,4,7,10-12H2,1-2H3. The monoisotopic (exact) mass is 306 g/mol. The molecule has 2 heteroatoms. The van der Waals surface area contributed by atoms with E-state index in [2.05, 4.69) is 60.9 Å². The van der Waals surface area contributed by atoms with Crippen molar-refractivity contribution in [1.29, 1.82) is 0 Å². The van der Waals surface area contributed by atoms with Gasteiger partial charge in [-0.05, 0) is 80.1 Å². The van der Waals surface area contributed by atoms with Crippen molar-refractivity contribution in [2.45, 2.75) is 45.1 Å². The third-order valence-corrected chi connectivity index (χ3v) is 5.62. The van der Waals surface area contributed by atoms with E-state index in [0.29, 0.717) is 12.0 Å². The summed E-state index contributed by atoms with van der Waals surface area (Å²) < 4.78 is 0. The van der Waals surface area contributed by atoms with Crippen molar-refractivity contribution in [2.24, 2.45) is 0 Å². The summed E-state index contributed by atoms with van der Waals surface area (Å²) in [5.74, 6) is 0.635. The van der Waals surface area contributed by atoms with Crippen LogP contribution in [0.1, 0.15) is 41.9 Å². The lowest BCUT2D eigenvalue weighted by Crippen LogP contribution is -2.29. The average Bonchev–Trinajstić information content (AvgIpc) is 2.87. The van der Waals surface area contributed by atoms with E-state index in [1.165, 1.54) is 47.2 Å². The fourth-order valence-electron chi connectivity index (χ4n) is 4.20. The van der Waals surface area contributed by atoms with Gasteiger partial charge in [0.1, 0.15) is 0 Å². The van der Waals surface area contributed by atoms with Crippen molar-refractivity contribution >= 4 is 5.69 Å². The van der Waals surface area contributed by atoms with Gasteiger partial charge < -0.3 is 10.6 Å². The van der Waals surface area contributed by atoms with Gasteiger partial charge in [0.2, 0.25) is 0 Å². The lowest BCUT2D eigenvalue weighted by atomic mass is 9.84. The first kappa shape index (κ1) is 14.8. The highest BCUT2D eigenvalue weighted by Crippen LogP contribution is 2.45. The van der Waals surface area contributed by atoms with E-state index in [-0.39, 0.29) is 0 Å². The molecular weight excluding hydrogens is 280 g/mol. The van der Waals surface area contributed by atoms with Gasteiger partial charge >= 0.3 is 0 Å². The van der Waals surface area contributed by atoms with Gasteiger partial charge in [-0.1, -0.05) is 30.3 Å². The van der Waals surface area contributed by atoms with E-state index in [4.69, 9.17) is 0 Å². The van der Waals surface area contributed by atoms with E-state index < -0.39 is 0 Å². The van der Waals surface area contributed by atoms with E-state index >= 15 is 0 Å². The fraction of sp³-hybridized carbons (Fsp3) is 0.429. The normalized spacial score (nSPS) is 23.4. The van der Waals surface area contributed by atoms with Crippen LogP contribution in [0.2, 0.25) is 0 Å². The second kappa shape index (κ2) is 6.01. The van der Waals surface area contributed by atoms with Crippen LogP contribution < -0.4 is 10.6 Å². The molecule has 2 aromatic rings. The van der Waals surface area contributed by atoms with Crippen molar-refractivity contribution in [3.05, 3.63) is 53.1 Å². The molecule has 2 aliphatic rings. The quantitative estimate of drug-likeness (QED) is 0.803. The van der Waals surface area contributed by atoms with Gasteiger partial charge in [0, 0.05) is 17.6 Å². The molecule has 2 unspecified atom stereocenters. The molecule has 2 N–H and O–H groups in total. The molecule has 0 aliphatic carbocycles. The van der Waals surface area contributed by atoms with Crippen molar-refractivity contribution in [2.75, 3.05) is 18.4 Å². The Kier molecular flexibility index (Phi) is 3.86. The van der Waals surface area contributed by atoms with Crippen LogP contribution in [0, 0.1) is 13.8 Å². The molecule has 4 rings (SSSR count). The molecule has 23 heavy (non-hydrogen) atoms. The Hall–Kier alpha value is -1.80. The summed E-state index contributed by atoms with van der Waals surface area (Å²) in [7, 11) is 0. The number of hydrogen-bond acceptors (Lipinski definition) is 2. The van der Waals surface area contributed by atoms with Crippen LogP contribution in [0.15, 0.2) is 36.4 Å². The summed E-state index contributed by atoms with van der Waals surface area (Å²) in [6.07, 6.45) is 3.76. The van der Waals surface area contributed by atoms with Crippen molar-refractivity contribution in [1.82, 2.24) is 5.32 Å². The van der Waals surface area contributed by atoms with Crippen LogP contribution in [0.25, 0.3) is 11.1 Å². The van der Waals surface area contributed by atoms with Gasteiger partial charge in [-0.15, -0.1) is 0 Å². The average molecular weight is 306 g/mol. The molecule has 0 radical (unpaired) electrons. The highest BCUT2D eigenvalue weighted by molar-refractivity contribution is 5.78. The molecule has 0 aromatic heterocycles. The van der Waals surface area contributed by atoms with Crippen molar-refractivity contribution < 1.29 is 0 Å². The minimum Gasteiger partial charge on any atom is -0.381 e. The SMILES string of the molecule is Cc1ccc(-c2cccc3c2C2CCNCCCC2N3)cc1C. The fourth-order valence-corrected chi connectivity index (χ4v) is 4.20. The van der Waals surface area contributed by atoms with Crippen LogP contribution in [0.4, 0.5) is 5.69 Å². The Labute approximate surface area is 139 Å². The van der Waals surface area contributed by atoms with Gasteiger partial charge in [-0.25, -0.2) is 0 Å². The Morgan fingerprint density at radius 3 is 2.74 bits per heavy atom. The van der Waals surface area contributed by atoms with Gasteiger partial charge in [0.15, 0.2) is 0 Å². The lowest BCUT2D eigenvalue weighted by Gasteiger charge is -2.24. The molecule has 0 bridgehead atoms. The van der Waals surface area contributed by atoms with E-state index in [0.717, 1.165) is 13.1 Å². The number of aryl methyl sites for hydroxylation is 2. The van der Waals surface area contributed by atoms with E-state index in [1.807, 2.05) is 0 Å². The Bertz CT molecular complexity index is 720. The van der Waals surface area contributed by atoms with E-state index in [1.54, 1.807) is 5.56 Å². The topological polar surface area (TPSA) is 24.1 Å². The summed E-state index contributed by atoms with van der Waals surface area (Å²) in [5, 5.41) is 7.39. The zero-order chi connectivity index (χ0) is 15.8. The van der Waals surface area contributed by atoms with Gasteiger partial charge in [0.25, 0.3) is 0 Å². The highest BCUT2D eigenvalue weighted by atomic mass is 15.0. The first-order chi connectivity index (χ1) is 11.2. The van der Waals surface area contributed by atoms with Gasteiger partial charge in [-0.2, -0.15) is 0 Å². The van der Waals surface area contributed by atoms with Crippen LogP contribution in [-0.4, -0.2) is 19.1 Å². The summed E-state index contributed by atoms with van der Waals surface area (Å²) >= 11 is 0. The second-order valence-electron chi connectivity index (χ2n) is 7.10. The maximum absolute atomic E-state index is 3.81. The maximum atomic E-state index is 3.81. The molecular formula is C21H26N2. The lowest BCUT2D eigenvalue weighted by molar-refractivity contribution is 0.449. The molecule has 0 saturated carbocycles. The van der Waals surface area contributed by atoms with Gasteiger partial charge in [-0.3, -0.25) is 0 Å². The largest absolute Gasteiger partial charge is 0.381 e. The zero-order valence-corrected chi connectivity index (χ0v) is 14.2. The molecule has 0 amide bonds. The molecule has 120 valence electrons. The molecule has 2 heterocycles. The molecule has 2 aliphatic heterocycles. The number of benzene rings is 2. The molecule has 0 spiro atoms. The maximum Gasteiger partial charge on any atom is 0.0384 e. The Morgan fingerprint density at radius 1 is 0.957 bits per heavy atom. The molecule has 1 saturated heterocycles. The predicted octanol–water partition coefficient (Wildman–Crippen LogP) is 4.62. The van der Waals surface area contributed by atoms with Crippen LogP contribution in [-0.2, 0) is 0 Å². The number of hydrogen-bond donors (Lipinski definition) is 2. The minimum absolute atomic E-state index is 0.611. The smallest absolute Gasteiger partial charge is 0.0384 e. The van der Waals surface area contributed by atoms with Crippen LogP contribution in [0.3, 0.4) is 0 Å². The molecule has 2 atom stereocenters. The molecule has 2 aromatic carbocycles. The zero-order valence-electron chi connectivity index (χ0n) is 14.2. The third-order valence-electron chi connectivity index (χ3n) is 5.62. The number of fused-ring (bicyclic) bond motifs is 3. The molecule has 2 nitrogen and oxygen atoms in total. The first-order valence-electron chi connectivity index (χ1n) is 8.92. The minimum atomic E-state index is 0.611. The third kappa shape index (κ3) is 2.66. The Morgan fingerprint density at radius 2 is 1.87 bits per heavy atom. The summed E-state index contributed by atoms with van der Waals surface area (Å²) in [6.45, 7) is 6.68. The van der Waals surface area contributed by atoms with Crippen LogP contribution in [0.5, 0.6) is 0 Å². The summed E-state index contributed by atoms with van der Waals surface area (Å²) in [4.78, 5) is 0. The number of rotatable bonds is 1. The van der Waals surface area contributed by atoms with Gasteiger partial charge in [0.05, 0.1) is 0 Å².